The molecule has 1 aromatic heterocycles. The van der Waals surface area contributed by atoms with Crippen LogP contribution < -0.4 is 5.32 Å². The highest BCUT2D eigenvalue weighted by Gasteiger charge is 2.06. The van der Waals surface area contributed by atoms with Crippen molar-refractivity contribution in [2.45, 2.75) is 20.4 Å². The molecule has 0 aliphatic carbocycles. The zero-order chi connectivity index (χ0) is 12.7. The molecule has 0 fully saturated rings. The van der Waals surface area contributed by atoms with E-state index in [4.69, 9.17) is 4.74 Å². The summed E-state index contributed by atoms with van der Waals surface area (Å²) in [6, 6.07) is 5.84. The first kappa shape index (κ1) is 13.4. The molecule has 0 spiro atoms. The summed E-state index contributed by atoms with van der Waals surface area (Å²) in [6.07, 6.45) is 0. The summed E-state index contributed by atoms with van der Waals surface area (Å²) in [4.78, 5) is 15.6. The number of nitrogens with zero attached hydrogens (tertiary/aromatic N) is 1. The second kappa shape index (κ2) is 6.81. The maximum absolute atomic E-state index is 11.3. The molecule has 0 saturated heterocycles. The van der Waals surface area contributed by atoms with Crippen molar-refractivity contribution in [3.63, 3.8) is 0 Å². The van der Waals surface area contributed by atoms with Crippen LogP contribution in [-0.4, -0.2) is 24.1 Å². The van der Waals surface area contributed by atoms with Gasteiger partial charge in [-0.05, 0) is 26.0 Å². The lowest BCUT2D eigenvalue weighted by molar-refractivity contribution is -0.138. The number of hydrogen-bond acceptors (Lipinski definition) is 4. The number of pyridine rings is 1. The van der Waals surface area contributed by atoms with Gasteiger partial charge >= 0.3 is 5.97 Å². The predicted molar refractivity (Wildman–Crippen MR) is 66.5 cm³/mol. The van der Waals surface area contributed by atoms with Crippen LogP contribution in [0.1, 0.15) is 18.3 Å². The van der Waals surface area contributed by atoms with Gasteiger partial charge in [-0.25, -0.2) is 4.79 Å². The predicted octanol–water partition coefficient (Wildman–Crippen LogP) is 1.60. The van der Waals surface area contributed by atoms with Gasteiger partial charge in [0.25, 0.3) is 0 Å². The highest BCUT2D eigenvalue weighted by molar-refractivity contribution is 5.88. The maximum atomic E-state index is 11.3. The van der Waals surface area contributed by atoms with Crippen LogP contribution in [0.25, 0.3) is 0 Å². The van der Waals surface area contributed by atoms with Crippen molar-refractivity contribution in [3.05, 3.63) is 41.7 Å². The molecule has 0 bridgehead atoms. The van der Waals surface area contributed by atoms with Crippen LogP contribution in [0.4, 0.5) is 0 Å². The monoisotopic (exact) mass is 234 g/mol. The molecule has 0 unspecified atom stereocenters. The molecule has 0 radical (unpaired) electrons. The number of aromatic nitrogens is 1. The summed E-state index contributed by atoms with van der Waals surface area (Å²) < 4.78 is 4.83. The second-order valence-corrected chi connectivity index (χ2v) is 3.70. The normalized spacial score (nSPS) is 10.0. The van der Waals surface area contributed by atoms with E-state index in [1.165, 1.54) is 0 Å². The first-order valence-electron chi connectivity index (χ1n) is 5.61. The van der Waals surface area contributed by atoms with Crippen molar-refractivity contribution in [1.82, 2.24) is 10.3 Å². The van der Waals surface area contributed by atoms with Gasteiger partial charge in [-0.3, -0.25) is 4.98 Å². The van der Waals surface area contributed by atoms with Gasteiger partial charge in [-0.2, -0.15) is 0 Å². The number of esters is 1. The van der Waals surface area contributed by atoms with Crippen LogP contribution >= 0.6 is 0 Å². The van der Waals surface area contributed by atoms with E-state index in [0.717, 1.165) is 11.4 Å². The highest BCUT2D eigenvalue weighted by atomic mass is 16.5. The minimum absolute atomic E-state index is 0.350. The summed E-state index contributed by atoms with van der Waals surface area (Å²) in [5.41, 5.74) is 2.36. The molecule has 1 heterocycles. The molecular weight excluding hydrogens is 216 g/mol. The summed E-state index contributed by atoms with van der Waals surface area (Å²) in [7, 11) is 0. The number of hydrogen-bond donors (Lipinski definition) is 1. The van der Waals surface area contributed by atoms with Crippen molar-refractivity contribution < 1.29 is 9.53 Å². The van der Waals surface area contributed by atoms with Crippen LogP contribution in [0, 0.1) is 6.92 Å². The smallest absolute Gasteiger partial charge is 0.334 e. The van der Waals surface area contributed by atoms with Gasteiger partial charge in [-0.1, -0.05) is 12.6 Å². The van der Waals surface area contributed by atoms with Gasteiger partial charge in [0.05, 0.1) is 12.3 Å². The SMILES string of the molecule is C=C(CNCc1cccc(C)n1)C(=O)OCC. The number of ether oxygens (including phenoxy) is 1. The van der Waals surface area contributed by atoms with Crippen molar-refractivity contribution in [1.29, 1.82) is 0 Å². The standard InChI is InChI=1S/C13H18N2O2/c1-4-17-13(16)10(2)8-14-9-12-7-5-6-11(3)15-12/h5-7,14H,2,4,8-9H2,1,3H3. The molecule has 0 atom stereocenters. The van der Waals surface area contributed by atoms with E-state index in [-0.39, 0.29) is 5.97 Å². The molecule has 1 rings (SSSR count). The molecule has 92 valence electrons. The third-order valence-corrected chi connectivity index (χ3v) is 2.15. The average molecular weight is 234 g/mol. The van der Waals surface area contributed by atoms with E-state index in [0.29, 0.717) is 25.3 Å². The summed E-state index contributed by atoms with van der Waals surface area (Å²) in [5.74, 6) is -0.350. The number of rotatable bonds is 6. The highest BCUT2D eigenvalue weighted by Crippen LogP contribution is 1.98. The van der Waals surface area contributed by atoms with Crippen LogP contribution in [0.5, 0.6) is 0 Å². The molecule has 0 aromatic carbocycles. The first-order chi connectivity index (χ1) is 8.13. The zero-order valence-corrected chi connectivity index (χ0v) is 10.3. The fourth-order valence-corrected chi connectivity index (χ4v) is 1.34. The number of nitrogens with one attached hydrogen (secondary N) is 1. The van der Waals surface area contributed by atoms with E-state index in [1.807, 2.05) is 25.1 Å². The van der Waals surface area contributed by atoms with Crippen molar-refractivity contribution in [2.75, 3.05) is 13.2 Å². The van der Waals surface area contributed by atoms with Crippen LogP contribution in [0.15, 0.2) is 30.4 Å². The fraction of sp³-hybridized carbons (Fsp3) is 0.385. The fourth-order valence-electron chi connectivity index (χ4n) is 1.34. The Labute approximate surface area is 102 Å². The molecular formula is C13H18N2O2. The van der Waals surface area contributed by atoms with E-state index in [9.17, 15) is 4.79 Å². The molecule has 17 heavy (non-hydrogen) atoms. The first-order valence-corrected chi connectivity index (χ1v) is 5.61. The zero-order valence-electron chi connectivity index (χ0n) is 10.3. The molecule has 4 nitrogen and oxygen atoms in total. The van der Waals surface area contributed by atoms with E-state index >= 15 is 0 Å². The Morgan fingerprint density at radius 3 is 2.94 bits per heavy atom. The Balaban J connectivity index is 2.33. The van der Waals surface area contributed by atoms with Crippen molar-refractivity contribution in [3.8, 4) is 0 Å². The average Bonchev–Trinajstić information content (AvgIpc) is 2.29. The summed E-state index contributed by atoms with van der Waals surface area (Å²) in [6.45, 7) is 8.78. The van der Waals surface area contributed by atoms with Gasteiger partial charge in [0.15, 0.2) is 0 Å². The van der Waals surface area contributed by atoms with Gasteiger partial charge in [0.1, 0.15) is 0 Å². The lowest BCUT2D eigenvalue weighted by Gasteiger charge is -2.07. The maximum Gasteiger partial charge on any atom is 0.334 e. The van der Waals surface area contributed by atoms with Gasteiger partial charge in [0.2, 0.25) is 0 Å². The number of aryl methyl sites for hydroxylation is 1. The van der Waals surface area contributed by atoms with Crippen molar-refractivity contribution in [2.24, 2.45) is 0 Å². The van der Waals surface area contributed by atoms with Crippen LogP contribution in [-0.2, 0) is 16.1 Å². The van der Waals surface area contributed by atoms with Crippen LogP contribution in [0.3, 0.4) is 0 Å². The molecule has 0 aliphatic rings. The Hall–Kier alpha value is -1.68. The summed E-state index contributed by atoms with van der Waals surface area (Å²) >= 11 is 0. The Bertz CT molecular complexity index is 402. The van der Waals surface area contributed by atoms with E-state index in [1.54, 1.807) is 6.92 Å². The quantitative estimate of drug-likeness (QED) is 0.600. The lowest BCUT2D eigenvalue weighted by Crippen LogP contribution is -2.22. The summed E-state index contributed by atoms with van der Waals surface area (Å²) in [5, 5.41) is 3.11. The Morgan fingerprint density at radius 1 is 1.53 bits per heavy atom. The van der Waals surface area contributed by atoms with Crippen LogP contribution in [0.2, 0.25) is 0 Å². The minimum Gasteiger partial charge on any atom is -0.463 e. The third kappa shape index (κ3) is 4.78. The number of carbonyl (C=O) groups excluding carboxylic acids is 1. The largest absolute Gasteiger partial charge is 0.463 e. The molecule has 0 saturated carbocycles. The molecule has 4 heteroatoms. The molecule has 1 N–H and O–H groups in total. The molecule has 1 aromatic rings. The minimum atomic E-state index is -0.350. The van der Waals surface area contributed by atoms with Gasteiger partial charge in [0, 0.05) is 24.4 Å². The van der Waals surface area contributed by atoms with Crippen molar-refractivity contribution >= 4 is 5.97 Å². The molecule has 0 aliphatic heterocycles. The van der Waals surface area contributed by atoms with E-state index < -0.39 is 0 Å². The Morgan fingerprint density at radius 2 is 2.29 bits per heavy atom. The van der Waals surface area contributed by atoms with E-state index in [2.05, 4.69) is 16.9 Å². The third-order valence-electron chi connectivity index (χ3n) is 2.15. The lowest BCUT2D eigenvalue weighted by atomic mass is 10.3. The molecule has 0 amide bonds. The number of carbonyl (C=O) groups is 1. The Kier molecular flexibility index (Phi) is 5.36. The topological polar surface area (TPSA) is 51.2 Å². The second-order valence-electron chi connectivity index (χ2n) is 3.70. The van der Waals surface area contributed by atoms with Gasteiger partial charge in [-0.15, -0.1) is 0 Å². The van der Waals surface area contributed by atoms with Gasteiger partial charge < -0.3 is 10.1 Å².